The van der Waals surface area contributed by atoms with Gasteiger partial charge in [-0.2, -0.15) is 0 Å². The zero-order chi connectivity index (χ0) is 19.1. The van der Waals surface area contributed by atoms with E-state index < -0.39 is 7.26 Å². The summed E-state index contributed by atoms with van der Waals surface area (Å²) < 4.78 is 0. The summed E-state index contributed by atoms with van der Waals surface area (Å²) in [4.78, 5) is 0. The Morgan fingerprint density at radius 2 is 1.41 bits per heavy atom. The van der Waals surface area contributed by atoms with Crippen LogP contribution in [-0.2, 0) is 0 Å². The van der Waals surface area contributed by atoms with Gasteiger partial charge in [-0.05, 0) is 61.1 Å². The van der Waals surface area contributed by atoms with E-state index in [1.165, 1.54) is 47.8 Å². The molecule has 1 saturated carbocycles. The van der Waals surface area contributed by atoms with Crippen molar-refractivity contribution in [2.75, 3.05) is 6.16 Å². The van der Waals surface area contributed by atoms with E-state index in [0.29, 0.717) is 0 Å². The maximum Gasteiger partial charge on any atom is 0.112 e. The average Bonchev–Trinajstić information content (AvgIpc) is 2.73. The molecule has 1 heteroatoms. The Hall–Kier alpha value is -1.91. The van der Waals surface area contributed by atoms with Gasteiger partial charge in [-0.3, -0.25) is 0 Å². The third-order valence-corrected chi connectivity index (χ3v) is 10.6. The fourth-order valence-corrected chi connectivity index (χ4v) is 9.20. The van der Waals surface area contributed by atoms with Crippen molar-refractivity contribution < 1.29 is 0 Å². The van der Waals surface area contributed by atoms with Gasteiger partial charge in [0.2, 0.25) is 0 Å². The van der Waals surface area contributed by atoms with Crippen molar-refractivity contribution in [2.45, 2.75) is 32.6 Å². The fourth-order valence-electron chi connectivity index (χ4n) is 4.50. The van der Waals surface area contributed by atoms with Crippen LogP contribution >= 0.6 is 7.26 Å². The summed E-state index contributed by atoms with van der Waals surface area (Å²) in [5.74, 6) is 1.66. The summed E-state index contributed by atoms with van der Waals surface area (Å²) in [6.45, 7) is 10.6. The zero-order valence-corrected chi connectivity index (χ0v) is 17.5. The van der Waals surface area contributed by atoms with Gasteiger partial charge in [0, 0.05) is 0 Å². The predicted molar refractivity (Wildman–Crippen MR) is 124 cm³/mol. The topological polar surface area (TPSA) is 0 Å². The normalized spacial score (nSPS) is 20.9. The van der Waals surface area contributed by atoms with Crippen molar-refractivity contribution in [1.82, 2.24) is 0 Å². The highest BCUT2D eigenvalue weighted by molar-refractivity contribution is 7.93. The Kier molecular flexibility index (Phi) is 6.86. The van der Waals surface area contributed by atoms with Crippen LogP contribution < -0.4 is 10.6 Å². The minimum absolute atomic E-state index is 0.781. The molecule has 3 rings (SSSR count). The van der Waals surface area contributed by atoms with Crippen LogP contribution in [0.25, 0.3) is 0 Å². The molecule has 0 radical (unpaired) electrons. The molecule has 0 aliphatic heterocycles. The van der Waals surface area contributed by atoms with E-state index in [1.807, 2.05) is 6.08 Å². The molecule has 0 atom stereocenters. The molecule has 0 aromatic heterocycles. The van der Waals surface area contributed by atoms with E-state index in [0.717, 1.165) is 11.8 Å². The first-order valence-electron chi connectivity index (χ1n) is 10.2. The van der Waals surface area contributed by atoms with Crippen LogP contribution in [0.5, 0.6) is 0 Å². The number of hydrogen-bond donors (Lipinski definition) is 0. The molecule has 0 spiro atoms. The second-order valence-corrected chi connectivity index (χ2v) is 11.4. The first kappa shape index (κ1) is 19.8. The van der Waals surface area contributed by atoms with Crippen LogP contribution in [-0.4, -0.2) is 6.16 Å². The molecule has 0 nitrogen and oxygen atoms in total. The van der Waals surface area contributed by atoms with Crippen LogP contribution in [0.1, 0.15) is 32.6 Å². The molecule has 1 fully saturated rings. The zero-order valence-electron chi connectivity index (χ0n) is 16.6. The Morgan fingerprint density at radius 3 is 1.85 bits per heavy atom. The second-order valence-electron chi connectivity index (χ2n) is 7.82. The van der Waals surface area contributed by atoms with E-state index in [-0.39, 0.29) is 0 Å². The molecule has 2 aromatic rings. The maximum atomic E-state index is 4.21. The molecule has 140 valence electrons. The van der Waals surface area contributed by atoms with Crippen molar-refractivity contribution in [3.63, 3.8) is 0 Å². The predicted octanol–water partition coefficient (Wildman–Crippen LogP) is 6.74. The molecular formula is C26H32P+. The number of rotatable bonds is 7. The molecule has 0 bridgehead atoms. The largest absolute Gasteiger partial charge is 0.112 e. The lowest BCUT2D eigenvalue weighted by Crippen LogP contribution is -2.30. The number of hydrogen-bond acceptors (Lipinski definition) is 0. The summed E-state index contributed by atoms with van der Waals surface area (Å²) in [5.41, 5.74) is 0. The molecule has 0 saturated heterocycles. The molecular weight excluding hydrogens is 343 g/mol. The van der Waals surface area contributed by atoms with Crippen molar-refractivity contribution in [3.8, 4) is 0 Å². The third-order valence-electron chi connectivity index (χ3n) is 6.00. The lowest BCUT2D eigenvalue weighted by molar-refractivity contribution is 0.310. The van der Waals surface area contributed by atoms with Gasteiger partial charge in [0.15, 0.2) is 0 Å². The van der Waals surface area contributed by atoms with E-state index >= 15 is 0 Å². The van der Waals surface area contributed by atoms with Gasteiger partial charge in [-0.25, -0.2) is 0 Å². The first-order valence-corrected chi connectivity index (χ1v) is 12.1. The molecule has 0 N–H and O–H groups in total. The second kappa shape index (κ2) is 9.34. The third kappa shape index (κ3) is 4.33. The first-order chi connectivity index (χ1) is 13.2. The summed E-state index contributed by atoms with van der Waals surface area (Å²) >= 11 is 0. The van der Waals surface area contributed by atoms with E-state index in [9.17, 15) is 0 Å². The smallest absolute Gasteiger partial charge is 0.0989 e. The molecule has 0 unspecified atom stereocenters. The van der Waals surface area contributed by atoms with Gasteiger partial charge < -0.3 is 0 Å². The average molecular weight is 376 g/mol. The Morgan fingerprint density at radius 1 is 0.889 bits per heavy atom. The van der Waals surface area contributed by atoms with E-state index in [4.69, 9.17) is 0 Å². The summed E-state index contributed by atoms with van der Waals surface area (Å²) in [7, 11) is -1.74. The fraction of sp³-hybridized carbons (Fsp3) is 0.308. The summed E-state index contributed by atoms with van der Waals surface area (Å²) in [6.07, 6.45) is 12.9. The van der Waals surface area contributed by atoms with Gasteiger partial charge in [-0.15, -0.1) is 0 Å². The van der Waals surface area contributed by atoms with Crippen LogP contribution in [0.15, 0.2) is 97.4 Å². The Bertz CT molecular complexity index is 725. The summed E-state index contributed by atoms with van der Waals surface area (Å²) in [6, 6.07) is 22.3. The van der Waals surface area contributed by atoms with Gasteiger partial charge >= 0.3 is 0 Å². The monoisotopic (exact) mass is 375 g/mol. The minimum atomic E-state index is -1.74. The highest BCUT2D eigenvalue weighted by Crippen LogP contribution is 2.65. The van der Waals surface area contributed by atoms with Gasteiger partial charge in [0.05, 0.1) is 6.16 Å². The lowest BCUT2D eigenvalue weighted by atomic mass is 9.84. The molecule has 2 aromatic carbocycles. The Labute approximate surface area is 166 Å². The van der Waals surface area contributed by atoms with Crippen molar-refractivity contribution in [3.05, 3.63) is 97.4 Å². The number of allylic oxidation sites excluding steroid dienone is 4. The highest BCUT2D eigenvalue weighted by Gasteiger charge is 2.47. The molecule has 1 aliphatic carbocycles. The van der Waals surface area contributed by atoms with Gasteiger partial charge in [0.25, 0.3) is 0 Å². The van der Waals surface area contributed by atoms with E-state index in [1.54, 1.807) is 0 Å². The van der Waals surface area contributed by atoms with Crippen LogP contribution in [0, 0.1) is 11.8 Å². The molecule has 1 aliphatic rings. The van der Waals surface area contributed by atoms with Crippen LogP contribution in [0.2, 0.25) is 0 Å². The van der Waals surface area contributed by atoms with Crippen molar-refractivity contribution in [1.29, 1.82) is 0 Å². The highest BCUT2D eigenvalue weighted by atomic mass is 31.2. The van der Waals surface area contributed by atoms with Crippen molar-refractivity contribution >= 4 is 17.9 Å². The number of benzene rings is 2. The van der Waals surface area contributed by atoms with Gasteiger partial charge in [-0.1, -0.05) is 75.4 Å². The Balaban J connectivity index is 2.17. The van der Waals surface area contributed by atoms with Crippen LogP contribution in [0.3, 0.4) is 0 Å². The molecule has 0 amide bonds. The standard InChI is InChI=1S/C26H32P/c1-4-12-24(5-2)27(25-13-8-6-9-14-25,26-15-10-7-11-16-26)21-23-19-17-22(3)18-20-23/h4-16,22-23H,1-2,17-21H2,3H3/q+1/b24-12+. The lowest BCUT2D eigenvalue weighted by Gasteiger charge is -2.34. The van der Waals surface area contributed by atoms with Gasteiger partial charge in [0.1, 0.15) is 23.2 Å². The quantitative estimate of drug-likeness (QED) is 0.371. The molecule has 27 heavy (non-hydrogen) atoms. The maximum absolute atomic E-state index is 4.21. The van der Waals surface area contributed by atoms with E-state index in [2.05, 4.69) is 92.9 Å². The minimum Gasteiger partial charge on any atom is -0.0989 e. The molecule has 0 heterocycles. The summed E-state index contributed by atoms with van der Waals surface area (Å²) in [5, 5.41) is 4.28. The van der Waals surface area contributed by atoms with Crippen LogP contribution in [0.4, 0.5) is 0 Å². The SMILES string of the molecule is C=C/C=C(\C=C)[P+](CC1CCC(C)CC1)(c1ccccc1)c1ccccc1. The van der Waals surface area contributed by atoms with Crippen molar-refractivity contribution in [2.24, 2.45) is 11.8 Å².